The van der Waals surface area contributed by atoms with E-state index in [4.69, 9.17) is 180 Å². The monoisotopic (exact) mass is 919 g/mol. The molecule has 0 aromatic rings. The van der Waals surface area contributed by atoms with Crippen LogP contribution in [-0.4, -0.2) is 0 Å². The van der Waals surface area contributed by atoms with Gasteiger partial charge in [0.15, 0.2) is 0 Å². The van der Waals surface area contributed by atoms with Gasteiger partial charge in [0.25, 0.3) is 11.8 Å². The van der Waals surface area contributed by atoms with Crippen LogP contribution in [0.3, 0.4) is 0 Å². The quantitative estimate of drug-likeness (QED) is 0.251. The van der Waals surface area contributed by atoms with E-state index in [-0.39, 0.29) is 0 Å². The van der Waals surface area contributed by atoms with Gasteiger partial charge in [0.1, 0.15) is 0 Å². The molecule has 1 aliphatic rings. The summed E-state index contributed by atoms with van der Waals surface area (Å²) in [5.74, 6) is -8.11. The van der Waals surface area contributed by atoms with Crippen molar-refractivity contribution in [1.29, 1.82) is 0 Å². The summed E-state index contributed by atoms with van der Waals surface area (Å²) in [7, 11) is -8.32. The maximum Gasteiger partial charge on any atom is 0.313 e. The summed E-state index contributed by atoms with van der Waals surface area (Å²) in [6.07, 6.45) is 0. The fourth-order valence-corrected chi connectivity index (χ4v) is 33.2. The van der Waals surface area contributed by atoms with Gasteiger partial charge < -0.3 is 0 Å². The first-order chi connectivity index (χ1) is 13.7. The highest BCUT2D eigenvalue weighted by molar-refractivity contribution is 8.31. The number of hydrogen-bond acceptors (Lipinski definition) is 8. The molecule has 1 rings (SSSR count). The van der Waals surface area contributed by atoms with Crippen LogP contribution in [0.4, 0.5) is 0 Å². The van der Waals surface area contributed by atoms with E-state index in [1.807, 2.05) is 0 Å². The van der Waals surface area contributed by atoms with Crippen molar-refractivity contribution < 1.29 is 0 Å². The Hall–Kier alpha value is 6.48. The van der Waals surface area contributed by atoms with Crippen molar-refractivity contribution >= 4 is 227 Å². The van der Waals surface area contributed by atoms with Gasteiger partial charge in [0, 0.05) is 0 Å². The van der Waals surface area contributed by atoms with Crippen LogP contribution >= 0.6 is 227 Å². The summed E-state index contributed by atoms with van der Waals surface area (Å²) in [6.45, 7) is 0. The Morgan fingerprint density at radius 3 is 0.719 bits per heavy atom. The lowest BCUT2D eigenvalue weighted by Crippen LogP contribution is -1.74. The summed E-state index contributed by atoms with van der Waals surface area (Å²) < 4.78 is 31.6. The van der Waals surface area contributed by atoms with Crippen LogP contribution in [0.25, 0.3) is 0 Å². The van der Waals surface area contributed by atoms with Crippen molar-refractivity contribution in [3.05, 3.63) is 0 Å². The molecule has 192 valence electrons. The third-order valence-electron chi connectivity index (χ3n) is 1.80. The maximum absolute atomic E-state index is 6.32. The van der Waals surface area contributed by atoms with E-state index in [1.165, 1.54) is 0 Å². The number of hydrogen-bond donors (Lipinski definition) is 0. The highest BCUT2D eigenvalue weighted by Gasteiger charge is 2.39. The average Bonchev–Trinajstić information content (AvgIpc) is 2.21. The van der Waals surface area contributed by atoms with E-state index in [9.17, 15) is 0 Å². The largest absolute Gasteiger partial charge is 0.313 e. The second-order valence-electron chi connectivity index (χ2n) is 4.37. The molecule has 0 N–H and O–H groups in total. The molecule has 0 spiro atoms. The molecule has 0 aromatic heterocycles. The van der Waals surface area contributed by atoms with E-state index in [2.05, 4.69) is 36.1 Å². The lowest BCUT2D eigenvalue weighted by atomic mass is 13.8. The van der Waals surface area contributed by atoms with Crippen LogP contribution in [0.15, 0.2) is 36.1 Å². The van der Waals surface area contributed by atoms with Crippen molar-refractivity contribution in [2.24, 2.45) is 36.1 Å². The minimum atomic E-state index is -4.16. The standard InChI is InChI=1S/Cl16N8P8/c1-25(2,3)17-31(18-26(4,5)6)21-29(13,14)23-32(19-27(7,8)9,20-28(10,11)12)24-30(15,16)22-31. The normalized spacial score (nSPS) is 22.5. The van der Waals surface area contributed by atoms with E-state index in [0.29, 0.717) is 0 Å². The first-order valence-corrected chi connectivity index (χ1v) is 33.9. The molecule has 1 aliphatic heterocycles. The van der Waals surface area contributed by atoms with Gasteiger partial charge in [0.05, 0.1) is 0 Å². The molecule has 0 saturated heterocycles. The zero-order valence-electron chi connectivity index (χ0n) is 13.2. The molecule has 0 aromatic carbocycles. The first kappa shape index (κ1) is 36.5. The van der Waals surface area contributed by atoms with Gasteiger partial charge in [-0.15, -0.1) is 0 Å². The lowest BCUT2D eigenvalue weighted by molar-refractivity contribution is 1.58. The second-order valence-corrected chi connectivity index (χ2v) is 48.0. The van der Waals surface area contributed by atoms with Gasteiger partial charge in [-0.05, 0) is 180 Å². The minimum absolute atomic E-state index is 3.67. The first-order valence-electron chi connectivity index (χ1n) is 5.90. The molecule has 32 heteroatoms. The number of halogens is 16. The third-order valence-corrected chi connectivity index (χ3v) is 28.3. The summed E-state index contributed by atoms with van der Waals surface area (Å²) in [5.41, 5.74) is 0. The molecule has 32 heavy (non-hydrogen) atoms. The molecule has 0 atom stereocenters. The molecule has 0 aliphatic carbocycles. The lowest BCUT2D eigenvalue weighted by Gasteiger charge is -2.23. The Morgan fingerprint density at radius 1 is 0.375 bits per heavy atom. The Kier molecular flexibility index (Phi) is 14.6. The predicted octanol–water partition coefficient (Wildman–Crippen LogP) is 19.4. The summed E-state index contributed by atoms with van der Waals surface area (Å²) in [4.78, 5) is 0. The van der Waals surface area contributed by atoms with Crippen LogP contribution in [0.5, 0.6) is 0 Å². The van der Waals surface area contributed by atoms with Gasteiger partial charge in [-0.3, -0.25) is 0 Å². The van der Waals surface area contributed by atoms with Gasteiger partial charge in [-0.1, -0.05) is 0 Å². The topological polar surface area (TPSA) is 98.9 Å². The Morgan fingerprint density at radius 2 is 0.562 bits per heavy atom. The third kappa shape index (κ3) is 15.5. The van der Waals surface area contributed by atoms with Crippen LogP contribution in [-0.2, 0) is 0 Å². The van der Waals surface area contributed by atoms with Gasteiger partial charge in [-0.2, -0.15) is 36.1 Å². The zero-order chi connectivity index (χ0) is 25.7. The number of rotatable bonds is 4. The Bertz CT molecular complexity index is 1020. The van der Waals surface area contributed by atoms with Crippen LogP contribution in [0, 0.1) is 0 Å². The molecular formula is Cl16N8P8. The fraction of sp³-hybridized carbons (Fsp3) is 0. The molecular weight excluding hydrogens is 927 g/mol. The molecule has 0 unspecified atom stereocenters. The molecule has 0 bridgehead atoms. The molecule has 0 fully saturated rings. The zero-order valence-corrected chi connectivity index (χ0v) is 32.5. The Balaban J connectivity index is 4.52. The van der Waals surface area contributed by atoms with Crippen LogP contribution in [0.1, 0.15) is 0 Å². The van der Waals surface area contributed by atoms with E-state index >= 15 is 0 Å². The van der Waals surface area contributed by atoms with Crippen molar-refractivity contribution in [3.8, 4) is 0 Å². The van der Waals surface area contributed by atoms with E-state index in [0.717, 1.165) is 0 Å². The molecule has 1 heterocycles. The molecule has 0 saturated carbocycles. The Labute approximate surface area is 259 Å². The van der Waals surface area contributed by atoms with E-state index in [1.54, 1.807) is 0 Å². The highest BCUT2D eigenvalue weighted by Crippen LogP contribution is 2.92. The van der Waals surface area contributed by atoms with Crippen molar-refractivity contribution in [1.82, 2.24) is 0 Å². The fourth-order valence-electron chi connectivity index (χ4n) is 1.37. The van der Waals surface area contributed by atoms with Gasteiger partial charge in [0.2, 0.25) is 20.4 Å². The predicted molar refractivity (Wildman–Crippen MR) is 168 cm³/mol. The molecule has 0 radical (unpaired) electrons. The summed E-state index contributed by atoms with van der Waals surface area (Å²) >= 11 is 95.7. The van der Waals surface area contributed by atoms with Crippen molar-refractivity contribution in [3.63, 3.8) is 0 Å². The molecule has 0 amide bonds. The molecule has 8 nitrogen and oxygen atoms in total. The smallest absolute Gasteiger partial charge is 0.178 e. The SMILES string of the molecule is ClP(Cl)(Cl)=NP1(N=P(Cl)(Cl)Cl)=NP(Cl)(Cl)=NP(N=P(Cl)(Cl)Cl)(N=P(Cl)(Cl)Cl)=NP(Cl)(Cl)=N1. The number of nitrogens with zero attached hydrogens (tertiary/aromatic N) is 8. The van der Waals surface area contributed by atoms with Crippen LogP contribution < -0.4 is 0 Å². The van der Waals surface area contributed by atoms with Gasteiger partial charge >= 0.3 is 15.0 Å². The van der Waals surface area contributed by atoms with Crippen molar-refractivity contribution in [2.75, 3.05) is 0 Å². The second kappa shape index (κ2) is 12.8. The van der Waals surface area contributed by atoms with E-state index < -0.39 is 47.3 Å². The average molecular weight is 927 g/mol. The maximum atomic E-state index is 6.32. The minimum Gasteiger partial charge on any atom is -0.178 e. The van der Waals surface area contributed by atoms with Crippen molar-refractivity contribution in [2.45, 2.75) is 0 Å². The van der Waals surface area contributed by atoms with Crippen LogP contribution in [0.2, 0.25) is 0 Å². The van der Waals surface area contributed by atoms with Gasteiger partial charge in [-0.25, -0.2) is 0 Å². The summed E-state index contributed by atoms with van der Waals surface area (Å²) in [6, 6.07) is 0. The highest BCUT2D eigenvalue weighted by atomic mass is 36.1. The summed E-state index contributed by atoms with van der Waals surface area (Å²) in [5, 5.41) is -14.7.